The van der Waals surface area contributed by atoms with Crippen LogP contribution in [0.4, 0.5) is 0 Å². The van der Waals surface area contributed by atoms with Crippen LogP contribution in [0.5, 0.6) is 0 Å². The quantitative estimate of drug-likeness (QED) is 0.190. The fourth-order valence-corrected chi connectivity index (χ4v) is 4.47. The Balaban J connectivity index is 0.000000701. The van der Waals surface area contributed by atoms with E-state index in [1.165, 1.54) is 0 Å². The highest BCUT2D eigenvalue weighted by Gasteiger charge is 2.25. The van der Waals surface area contributed by atoms with Crippen LogP contribution in [-0.4, -0.2) is 118 Å². The number of hydrogen-bond acceptors (Lipinski definition) is 10. The van der Waals surface area contributed by atoms with Crippen LogP contribution >= 0.6 is 12.4 Å². The second-order valence-electron chi connectivity index (χ2n) is 10.8. The first kappa shape index (κ1) is 42.9. The Hall–Kier alpha value is -4.10. The zero-order valence-corrected chi connectivity index (χ0v) is 29.2. The Morgan fingerprint density at radius 3 is 1.53 bits per heavy atom. The van der Waals surface area contributed by atoms with Gasteiger partial charge in [-0.15, -0.1) is 12.4 Å². The summed E-state index contributed by atoms with van der Waals surface area (Å²) in [5, 5.41) is 11.2. The van der Waals surface area contributed by atoms with Crippen molar-refractivity contribution in [3.05, 3.63) is 84.2 Å². The van der Waals surface area contributed by atoms with Gasteiger partial charge in [0.2, 0.25) is 0 Å². The van der Waals surface area contributed by atoms with Gasteiger partial charge in [-0.2, -0.15) is 0 Å². The lowest BCUT2D eigenvalue weighted by atomic mass is 10.1. The van der Waals surface area contributed by atoms with Crippen LogP contribution in [-0.2, 0) is 23.9 Å². The molecule has 2 heterocycles. The molecule has 4 rings (SSSR count). The van der Waals surface area contributed by atoms with E-state index in [2.05, 4.69) is 14.7 Å². The molecule has 2 aromatic heterocycles. The second-order valence-corrected chi connectivity index (χ2v) is 10.8. The van der Waals surface area contributed by atoms with Gasteiger partial charge in [0.15, 0.2) is 0 Å². The predicted molar refractivity (Wildman–Crippen MR) is 189 cm³/mol. The summed E-state index contributed by atoms with van der Waals surface area (Å²) in [6.07, 6.45) is 3.37. The van der Waals surface area contributed by atoms with Crippen molar-refractivity contribution in [2.75, 3.05) is 62.0 Å². The summed E-state index contributed by atoms with van der Waals surface area (Å²) in [5.74, 6) is -1.28. The minimum absolute atomic E-state index is 0. The lowest BCUT2D eigenvalue weighted by molar-refractivity contribution is -0.149. The van der Waals surface area contributed by atoms with E-state index in [1.807, 2.05) is 101 Å². The molecule has 0 aliphatic rings. The molecule has 2 aromatic carbocycles. The molecule has 253 valence electrons. The molecule has 0 bridgehead atoms. The van der Waals surface area contributed by atoms with Crippen LogP contribution in [0.2, 0.25) is 0 Å². The van der Waals surface area contributed by atoms with Gasteiger partial charge in [-0.05, 0) is 91.5 Å². The summed E-state index contributed by atoms with van der Waals surface area (Å²) >= 11 is 0. The number of fused-ring (bicyclic) bond motifs is 2. The van der Waals surface area contributed by atoms with E-state index in [-0.39, 0.29) is 32.8 Å². The fraction of sp³-hybridized carbons (Fsp3) is 0.382. The third-order valence-corrected chi connectivity index (χ3v) is 6.38. The van der Waals surface area contributed by atoms with Crippen molar-refractivity contribution in [2.24, 2.45) is 0 Å². The average Bonchev–Trinajstić information content (AvgIpc) is 2.97. The SMILES string of the molecule is CCOC(=O)C(c1cnc2ccccc2c1)N(C)C.CCOC(=O)CN(C)C.CN(C)C(C(=O)O)c1cnc2ccccc2c1.Cl.[B]. The summed E-state index contributed by atoms with van der Waals surface area (Å²) in [4.78, 5) is 47.8. The number of aliphatic carboxylic acids is 1. The van der Waals surface area contributed by atoms with Crippen LogP contribution in [0.15, 0.2) is 73.1 Å². The summed E-state index contributed by atoms with van der Waals surface area (Å²) < 4.78 is 9.80. The number of pyridine rings is 2. The molecule has 0 spiro atoms. The minimum atomic E-state index is -0.868. The van der Waals surface area contributed by atoms with Crippen molar-refractivity contribution in [3.63, 3.8) is 0 Å². The first-order valence-electron chi connectivity index (χ1n) is 14.6. The molecule has 47 heavy (non-hydrogen) atoms. The maximum absolute atomic E-state index is 12.0. The number of esters is 2. The first-order chi connectivity index (χ1) is 21.4. The molecule has 0 aliphatic heterocycles. The summed E-state index contributed by atoms with van der Waals surface area (Å²) in [6.45, 7) is 4.82. The molecule has 13 heteroatoms. The van der Waals surface area contributed by atoms with Gasteiger partial charge < -0.3 is 14.6 Å². The minimum Gasteiger partial charge on any atom is -0.480 e. The van der Waals surface area contributed by atoms with Gasteiger partial charge in [0, 0.05) is 31.6 Å². The van der Waals surface area contributed by atoms with E-state index in [0.717, 1.165) is 27.4 Å². The number of hydrogen-bond donors (Lipinski definition) is 1. The number of nitrogens with zero attached hydrogens (tertiary/aromatic N) is 5. The van der Waals surface area contributed by atoms with Crippen LogP contribution in [0, 0.1) is 0 Å². The van der Waals surface area contributed by atoms with Crippen molar-refractivity contribution >= 4 is 60.5 Å². The number of benzene rings is 2. The molecule has 3 radical (unpaired) electrons. The van der Waals surface area contributed by atoms with E-state index < -0.39 is 18.1 Å². The van der Waals surface area contributed by atoms with Crippen LogP contribution in [0.3, 0.4) is 0 Å². The normalized spacial score (nSPS) is 11.6. The zero-order chi connectivity index (χ0) is 33.5. The van der Waals surface area contributed by atoms with Crippen molar-refractivity contribution in [1.82, 2.24) is 24.7 Å². The molecule has 0 aliphatic carbocycles. The monoisotopic (exact) mass is 666 g/mol. The van der Waals surface area contributed by atoms with Crippen LogP contribution in [0.25, 0.3) is 21.8 Å². The Morgan fingerprint density at radius 1 is 0.723 bits per heavy atom. The number of likely N-dealkylation sites (N-methyl/N-ethyl adjacent to an activating group) is 3. The number of carboxylic acids is 1. The maximum atomic E-state index is 12.0. The largest absolute Gasteiger partial charge is 0.480 e. The zero-order valence-electron chi connectivity index (χ0n) is 28.4. The summed E-state index contributed by atoms with van der Waals surface area (Å²) in [5.41, 5.74) is 3.34. The highest BCUT2D eigenvalue weighted by atomic mass is 35.5. The van der Waals surface area contributed by atoms with E-state index in [0.29, 0.717) is 25.3 Å². The molecule has 2 atom stereocenters. The van der Waals surface area contributed by atoms with Gasteiger partial charge in [-0.1, -0.05) is 36.4 Å². The Labute approximate surface area is 285 Å². The van der Waals surface area contributed by atoms with Crippen LogP contribution < -0.4 is 0 Å². The number of rotatable bonds is 10. The predicted octanol–water partition coefficient (Wildman–Crippen LogP) is 4.47. The number of carbonyl (C=O) groups is 3. The van der Waals surface area contributed by atoms with Gasteiger partial charge in [-0.3, -0.25) is 34.3 Å². The molecule has 11 nitrogen and oxygen atoms in total. The number of carbonyl (C=O) groups excluding carboxylic acids is 2. The van der Waals surface area contributed by atoms with Gasteiger partial charge in [0.1, 0.15) is 12.1 Å². The Bertz CT molecular complexity index is 1560. The van der Waals surface area contributed by atoms with Crippen molar-refractivity contribution in [3.8, 4) is 0 Å². The number of halogens is 1. The molecule has 2 unspecified atom stereocenters. The fourth-order valence-electron chi connectivity index (χ4n) is 4.47. The average molecular weight is 667 g/mol. The summed E-state index contributed by atoms with van der Waals surface area (Å²) in [6, 6.07) is 18.3. The number of carboxylic acid groups (broad SMARTS) is 1. The van der Waals surface area contributed by atoms with Crippen molar-refractivity contribution < 1.29 is 29.0 Å². The van der Waals surface area contributed by atoms with E-state index in [1.54, 1.807) is 43.2 Å². The van der Waals surface area contributed by atoms with E-state index in [4.69, 9.17) is 4.74 Å². The summed E-state index contributed by atoms with van der Waals surface area (Å²) in [7, 11) is 10.9. The Kier molecular flexibility index (Phi) is 19.8. The smallest absolute Gasteiger partial charge is 0.328 e. The van der Waals surface area contributed by atoms with E-state index >= 15 is 0 Å². The van der Waals surface area contributed by atoms with Gasteiger partial charge in [0.25, 0.3) is 0 Å². The van der Waals surface area contributed by atoms with Crippen molar-refractivity contribution in [2.45, 2.75) is 25.9 Å². The molecular weight excluding hydrogens is 621 g/mol. The molecule has 0 fully saturated rings. The third-order valence-electron chi connectivity index (χ3n) is 6.38. The van der Waals surface area contributed by atoms with Gasteiger partial charge in [-0.25, -0.2) is 4.79 Å². The van der Waals surface area contributed by atoms with Crippen LogP contribution in [0.1, 0.15) is 37.1 Å². The highest BCUT2D eigenvalue weighted by Crippen LogP contribution is 2.23. The lowest BCUT2D eigenvalue weighted by Crippen LogP contribution is -2.29. The molecular formula is C34H46BClN5O6. The molecule has 0 saturated carbocycles. The second kappa shape index (κ2) is 21.7. The van der Waals surface area contributed by atoms with Gasteiger partial charge >= 0.3 is 17.9 Å². The molecule has 4 aromatic rings. The molecule has 1 N–H and O–H groups in total. The lowest BCUT2D eigenvalue weighted by Gasteiger charge is -2.22. The van der Waals surface area contributed by atoms with Crippen molar-refractivity contribution in [1.29, 1.82) is 0 Å². The number of ether oxygens (including phenoxy) is 2. The maximum Gasteiger partial charge on any atom is 0.328 e. The number of aromatic nitrogens is 2. The first-order valence-corrected chi connectivity index (χ1v) is 14.6. The highest BCUT2D eigenvalue weighted by molar-refractivity contribution is 5.85. The standard InChI is InChI=1S/C15H18N2O2.C13H14N2O2.C6H13NO2.B.ClH/c1-4-19-15(18)14(17(2)3)12-9-11-7-5-6-8-13(11)16-10-12;1-15(2)12(13(16)17)10-7-9-5-3-4-6-11(9)14-8-10;1-4-9-6(8)5-7(2)3;;/h5-10,14H,4H2,1-3H3;3-8,12H,1-2H3,(H,16,17);4-5H2,1-3H3;;1H. The van der Waals surface area contributed by atoms with E-state index in [9.17, 15) is 19.5 Å². The van der Waals surface area contributed by atoms with Gasteiger partial charge in [0.05, 0.1) is 30.8 Å². The molecule has 0 amide bonds. The Morgan fingerprint density at radius 2 is 1.15 bits per heavy atom. The third kappa shape index (κ3) is 13.7. The molecule has 0 saturated heterocycles. The topological polar surface area (TPSA) is 125 Å². The number of para-hydroxylation sites is 2.